The smallest absolute Gasteiger partial charge is 0.224 e. The van der Waals surface area contributed by atoms with Crippen molar-refractivity contribution in [2.24, 2.45) is 0 Å². The molecule has 0 aliphatic carbocycles. The van der Waals surface area contributed by atoms with E-state index in [1.54, 1.807) is 24.2 Å². The SMILES string of the molecule is O=C1CCSC(c2ccccc2Cl)N1Cc1cccnc1. The van der Waals surface area contributed by atoms with E-state index in [2.05, 4.69) is 4.98 Å². The van der Waals surface area contributed by atoms with Crippen LogP contribution in [0.4, 0.5) is 0 Å². The Labute approximate surface area is 133 Å². The fourth-order valence-electron chi connectivity index (χ4n) is 2.41. The Bertz CT molecular complexity index is 635. The van der Waals surface area contributed by atoms with Crippen LogP contribution in [0.25, 0.3) is 0 Å². The lowest BCUT2D eigenvalue weighted by Crippen LogP contribution is -2.36. The van der Waals surface area contributed by atoms with Crippen LogP contribution in [0.2, 0.25) is 5.02 Å². The van der Waals surface area contributed by atoms with Gasteiger partial charge in [-0.25, -0.2) is 0 Å². The second-order valence-corrected chi connectivity index (χ2v) is 6.47. The molecule has 3 rings (SSSR count). The van der Waals surface area contributed by atoms with Crippen molar-refractivity contribution in [3.8, 4) is 0 Å². The van der Waals surface area contributed by atoms with Gasteiger partial charge in [0.05, 0.1) is 0 Å². The van der Waals surface area contributed by atoms with Crippen LogP contribution in [0.3, 0.4) is 0 Å². The van der Waals surface area contributed by atoms with E-state index >= 15 is 0 Å². The molecule has 1 amide bonds. The van der Waals surface area contributed by atoms with Gasteiger partial charge in [0.15, 0.2) is 0 Å². The molecule has 2 aromatic rings. The summed E-state index contributed by atoms with van der Waals surface area (Å²) in [7, 11) is 0. The van der Waals surface area contributed by atoms with Gasteiger partial charge in [-0.2, -0.15) is 0 Å². The molecule has 1 aliphatic rings. The molecule has 3 nitrogen and oxygen atoms in total. The van der Waals surface area contributed by atoms with Crippen LogP contribution in [0, 0.1) is 0 Å². The molecule has 0 radical (unpaired) electrons. The number of hydrogen-bond acceptors (Lipinski definition) is 3. The first-order chi connectivity index (χ1) is 10.3. The van der Waals surface area contributed by atoms with Gasteiger partial charge < -0.3 is 4.90 Å². The van der Waals surface area contributed by atoms with E-state index in [4.69, 9.17) is 11.6 Å². The molecule has 1 atom stereocenters. The topological polar surface area (TPSA) is 33.2 Å². The Morgan fingerprint density at radius 3 is 2.90 bits per heavy atom. The number of carbonyl (C=O) groups is 1. The number of thioether (sulfide) groups is 1. The normalized spacial score (nSPS) is 18.8. The van der Waals surface area contributed by atoms with E-state index in [-0.39, 0.29) is 11.3 Å². The molecule has 1 fully saturated rings. The van der Waals surface area contributed by atoms with Gasteiger partial charge in [-0.3, -0.25) is 9.78 Å². The summed E-state index contributed by atoms with van der Waals surface area (Å²) in [6, 6.07) is 11.6. The first kappa shape index (κ1) is 14.4. The maximum absolute atomic E-state index is 12.3. The zero-order valence-corrected chi connectivity index (χ0v) is 13.0. The Kier molecular flexibility index (Phi) is 4.46. The molecule has 1 saturated heterocycles. The third-order valence-electron chi connectivity index (χ3n) is 3.44. The highest BCUT2D eigenvalue weighted by molar-refractivity contribution is 7.99. The van der Waals surface area contributed by atoms with Crippen molar-refractivity contribution in [2.75, 3.05) is 5.75 Å². The summed E-state index contributed by atoms with van der Waals surface area (Å²) in [6.07, 6.45) is 4.11. The van der Waals surface area contributed by atoms with Crippen molar-refractivity contribution < 1.29 is 4.79 Å². The second-order valence-electron chi connectivity index (χ2n) is 4.88. The highest BCUT2D eigenvalue weighted by atomic mass is 35.5. The predicted molar refractivity (Wildman–Crippen MR) is 86.1 cm³/mol. The lowest BCUT2D eigenvalue weighted by atomic mass is 10.1. The molecule has 0 spiro atoms. The average Bonchev–Trinajstić information content (AvgIpc) is 2.51. The minimum absolute atomic E-state index is 0.0276. The molecule has 21 heavy (non-hydrogen) atoms. The summed E-state index contributed by atoms with van der Waals surface area (Å²) in [6.45, 7) is 0.565. The molecule has 1 aromatic heterocycles. The van der Waals surface area contributed by atoms with Crippen molar-refractivity contribution in [1.82, 2.24) is 9.88 Å². The third-order valence-corrected chi connectivity index (χ3v) is 5.05. The number of carbonyl (C=O) groups excluding carboxylic acids is 1. The largest absolute Gasteiger partial charge is 0.322 e. The summed E-state index contributed by atoms with van der Waals surface area (Å²) < 4.78 is 0. The summed E-state index contributed by atoms with van der Waals surface area (Å²) in [4.78, 5) is 18.4. The van der Waals surface area contributed by atoms with Crippen molar-refractivity contribution in [2.45, 2.75) is 18.3 Å². The molecule has 1 aliphatic heterocycles. The molecule has 2 heterocycles. The number of rotatable bonds is 3. The summed E-state index contributed by atoms with van der Waals surface area (Å²) >= 11 is 8.07. The quantitative estimate of drug-likeness (QED) is 0.860. The van der Waals surface area contributed by atoms with Crippen molar-refractivity contribution >= 4 is 29.3 Å². The summed E-state index contributed by atoms with van der Waals surface area (Å²) in [5.74, 6) is 1.00. The Balaban J connectivity index is 1.90. The van der Waals surface area contributed by atoms with Crippen LogP contribution in [0.5, 0.6) is 0 Å². The predicted octanol–water partition coefficient (Wildman–Crippen LogP) is 3.90. The number of nitrogens with zero attached hydrogens (tertiary/aromatic N) is 2. The molecular weight excluding hydrogens is 304 g/mol. The van der Waals surface area contributed by atoms with Gasteiger partial charge >= 0.3 is 0 Å². The number of hydrogen-bond donors (Lipinski definition) is 0. The monoisotopic (exact) mass is 318 g/mol. The van der Waals surface area contributed by atoms with Gasteiger partial charge in [0.1, 0.15) is 5.37 Å². The standard InChI is InChI=1S/C16H15ClN2OS/c17-14-6-2-1-5-13(14)16-19(15(20)7-9-21-16)11-12-4-3-8-18-10-12/h1-6,8,10,16H,7,9,11H2. The van der Waals surface area contributed by atoms with Crippen LogP contribution in [-0.4, -0.2) is 21.5 Å². The average molecular weight is 319 g/mol. The van der Waals surface area contributed by atoms with Gasteiger partial charge in [0.2, 0.25) is 5.91 Å². The lowest BCUT2D eigenvalue weighted by Gasteiger charge is -2.35. The molecule has 108 valence electrons. The van der Waals surface area contributed by atoms with Crippen LogP contribution in [-0.2, 0) is 11.3 Å². The van der Waals surface area contributed by atoms with Crippen molar-refractivity contribution in [3.05, 3.63) is 64.9 Å². The number of halogens is 1. The number of aromatic nitrogens is 1. The van der Waals surface area contributed by atoms with Crippen molar-refractivity contribution in [1.29, 1.82) is 0 Å². The zero-order chi connectivity index (χ0) is 14.7. The van der Waals surface area contributed by atoms with E-state index in [0.29, 0.717) is 18.0 Å². The lowest BCUT2D eigenvalue weighted by molar-refractivity contribution is -0.132. The van der Waals surface area contributed by atoms with Crippen LogP contribution in [0.1, 0.15) is 22.9 Å². The van der Waals surface area contributed by atoms with Gasteiger partial charge in [-0.05, 0) is 17.7 Å². The molecule has 0 saturated carbocycles. The maximum atomic E-state index is 12.3. The minimum atomic E-state index is -0.0276. The van der Waals surface area contributed by atoms with Gasteiger partial charge in [0.25, 0.3) is 0 Å². The molecule has 0 bridgehead atoms. The fraction of sp³-hybridized carbons (Fsp3) is 0.250. The van der Waals surface area contributed by atoms with E-state index < -0.39 is 0 Å². The molecular formula is C16H15ClN2OS. The van der Waals surface area contributed by atoms with Crippen LogP contribution < -0.4 is 0 Å². The summed E-state index contributed by atoms with van der Waals surface area (Å²) in [5.41, 5.74) is 2.03. The minimum Gasteiger partial charge on any atom is -0.322 e. The summed E-state index contributed by atoms with van der Waals surface area (Å²) in [5, 5.41) is 0.682. The van der Waals surface area contributed by atoms with E-state index in [9.17, 15) is 4.79 Å². The van der Waals surface area contributed by atoms with Crippen LogP contribution >= 0.6 is 23.4 Å². The first-order valence-electron chi connectivity index (χ1n) is 6.80. The molecule has 0 N–H and O–H groups in total. The number of benzene rings is 1. The van der Waals surface area contributed by atoms with Crippen LogP contribution in [0.15, 0.2) is 48.8 Å². The highest BCUT2D eigenvalue weighted by Gasteiger charge is 2.30. The number of pyridine rings is 1. The van der Waals surface area contributed by atoms with E-state index in [1.807, 2.05) is 41.3 Å². The molecule has 1 unspecified atom stereocenters. The van der Waals surface area contributed by atoms with Gasteiger partial charge in [-0.15, -0.1) is 11.8 Å². The zero-order valence-electron chi connectivity index (χ0n) is 11.4. The first-order valence-corrected chi connectivity index (χ1v) is 8.23. The second kappa shape index (κ2) is 6.50. The third kappa shape index (κ3) is 3.22. The molecule has 5 heteroatoms. The van der Waals surface area contributed by atoms with E-state index in [1.165, 1.54) is 0 Å². The van der Waals surface area contributed by atoms with Gasteiger partial charge in [0, 0.05) is 41.7 Å². The Morgan fingerprint density at radius 1 is 1.29 bits per heavy atom. The molecule has 1 aromatic carbocycles. The Hall–Kier alpha value is -1.52. The fourth-order valence-corrected chi connectivity index (χ4v) is 3.99. The Morgan fingerprint density at radius 2 is 2.14 bits per heavy atom. The number of amides is 1. The van der Waals surface area contributed by atoms with E-state index in [0.717, 1.165) is 16.9 Å². The maximum Gasteiger partial charge on any atom is 0.224 e. The highest BCUT2D eigenvalue weighted by Crippen LogP contribution is 2.40. The van der Waals surface area contributed by atoms with Gasteiger partial charge in [-0.1, -0.05) is 35.9 Å². The van der Waals surface area contributed by atoms with Crippen molar-refractivity contribution in [3.63, 3.8) is 0 Å².